The van der Waals surface area contributed by atoms with Crippen molar-refractivity contribution in [3.8, 4) is 0 Å². The van der Waals surface area contributed by atoms with E-state index < -0.39 is 0 Å². The lowest BCUT2D eigenvalue weighted by Crippen LogP contribution is -2.27. The van der Waals surface area contributed by atoms with E-state index in [0.717, 1.165) is 6.42 Å². The van der Waals surface area contributed by atoms with Gasteiger partial charge in [-0.3, -0.25) is 4.79 Å². The van der Waals surface area contributed by atoms with Crippen molar-refractivity contribution in [2.45, 2.75) is 18.1 Å². The molecule has 0 radical (unpaired) electrons. The van der Waals surface area contributed by atoms with Crippen LogP contribution < -0.4 is 11.1 Å². The lowest BCUT2D eigenvalue weighted by atomic mass is 10.1. The van der Waals surface area contributed by atoms with Crippen molar-refractivity contribution in [3.63, 3.8) is 0 Å². The van der Waals surface area contributed by atoms with Crippen LogP contribution in [0, 0.1) is 0 Å². The zero-order chi connectivity index (χ0) is 15.1. The standard InChI is InChI=1S/C14H19N5OS/c1-19-12(9-15)17-18-14(19)21-10-13(20)16-8-7-11-5-3-2-4-6-11/h2-6H,7-10,15H2,1H3,(H,16,20). The SMILES string of the molecule is Cn1c(CN)nnc1SCC(=O)NCCc1ccccc1. The first-order valence-corrected chi connectivity index (χ1v) is 7.71. The van der Waals surface area contributed by atoms with Crippen molar-refractivity contribution in [2.24, 2.45) is 12.8 Å². The Morgan fingerprint density at radius 1 is 1.33 bits per heavy atom. The molecule has 2 aromatic rings. The third-order valence-corrected chi connectivity index (χ3v) is 4.04. The molecule has 2 rings (SSSR count). The average Bonchev–Trinajstić information content (AvgIpc) is 2.86. The van der Waals surface area contributed by atoms with Crippen LogP contribution in [0.5, 0.6) is 0 Å². The summed E-state index contributed by atoms with van der Waals surface area (Å²) >= 11 is 1.36. The van der Waals surface area contributed by atoms with Crippen molar-refractivity contribution in [1.82, 2.24) is 20.1 Å². The molecule has 0 aliphatic rings. The van der Waals surface area contributed by atoms with Gasteiger partial charge in [-0.1, -0.05) is 42.1 Å². The molecular formula is C14H19N5OS. The number of thioether (sulfide) groups is 1. The lowest BCUT2D eigenvalue weighted by molar-refractivity contribution is -0.118. The Kier molecular flexibility index (Phi) is 5.77. The number of aromatic nitrogens is 3. The molecule has 0 fully saturated rings. The molecule has 21 heavy (non-hydrogen) atoms. The van der Waals surface area contributed by atoms with Gasteiger partial charge in [-0.05, 0) is 12.0 Å². The van der Waals surface area contributed by atoms with Gasteiger partial charge in [0.05, 0.1) is 12.3 Å². The molecule has 3 N–H and O–H groups in total. The quantitative estimate of drug-likeness (QED) is 0.736. The number of hydrogen-bond acceptors (Lipinski definition) is 5. The van der Waals surface area contributed by atoms with E-state index in [1.807, 2.05) is 29.8 Å². The summed E-state index contributed by atoms with van der Waals surface area (Å²) in [5.41, 5.74) is 6.74. The predicted molar refractivity (Wildman–Crippen MR) is 82.8 cm³/mol. The van der Waals surface area contributed by atoms with E-state index in [4.69, 9.17) is 5.73 Å². The second-order valence-electron chi connectivity index (χ2n) is 4.54. The third-order valence-electron chi connectivity index (χ3n) is 3.02. The van der Waals surface area contributed by atoms with Gasteiger partial charge >= 0.3 is 0 Å². The van der Waals surface area contributed by atoms with Gasteiger partial charge in [0.25, 0.3) is 0 Å². The van der Waals surface area contributed by atoms with Crippen molar-refractivity contribution >= 4 is 17.7 Å². The van der Waals surface area contributed by atoms with Crippen LogP contribution in [0.1, 0.15) is 11.4 Å². The molecule has 7 heteroatoms. The fourth-order valence-electron chi connectivity index (χ4n) is 1.82. The van der Waals surface area contributed by atoms with Gasteiger partial charge in [-0.2, -0.15) is 0 Å². The molecule has 0 unspecified atom stereocenters. The molecule has 0 atom stereocenters. The first-order chi connectivity index (χ1) is 10.2. The average molecular weight is 305 g/mol. The van der Waals surface area contributed by atoms with Crippen LogP contribution in [0.4, 0.5) is 0 Å². The minimum atomic E-state index is -0.00627. The number of benzene rings is 1. The second kappa shape index (κ2) is 7.80. The minimum Gasteiger partial charge on any atom is -0.355 e. The Hall–Kier alpha value is -1.86. The summed E-state index contributed by atoms with van der Waals surface area (Å²) in [5.74, 6) is 1.03. The molecule has 112 valence electrons. The van der Waals surface area contributed by atoms with E-state index in [0.29, 0.717) is 29.8 Å². The van der Waals surface area contributed by atoms with E-state index >= 15 is 0 Å². The molecular weight excluding hydrogens is 286 g/mol. The highest BCUT2D eigenvalue weighted by Gasteiger charge is 2.10. The summed E-state index contributed by atoms with van der Waals surface area (Å²) < 4.78 is 1.81. The highest BCUT2D eigenvalue weighted by Crippen LogP contribution is 2.14. The summed E-state index contributed by atoms with van der Waals surface area (Å²) in [6, 6.07) is 10.1. The second-order valence-corrected chi connectivity index (χ2v) is 5.48. The van der Waals surface area contributed by atoms with Crippen LogP contribution in [0.2, 0.25) is 0 Å². The maximum atomic E-state index is 11.8. The van der Waals surface area contributed by atoms with E-state index in [1.54, 1.807) is 0 Å². The van der Waals surface area contributed by atoms with Crippen LogP contribution in [-0.2, 0) is 24.8 Å². The zero-order valence-corrected chi connectivity index (χ0v) is 12.8. The fraction of sp³-hybridized carbons (Fsp3) is 0.357. The Morgan fingerprint density at radius 3 is 2.76 bits per heavy atom. The van der Waals surface area contributed by atoms with Crippen molar-refractivity contribution in [2.75, 3.05) is 12.3 Å². The van der Waals surface area contributed by atoms with Gasteiger partial charge in [0.1, 0.15) is 5.82 Å². The van der Waals surface area contributed by atoms with E-state index in [-0.39, 0.29) is 5.91 Å². The first kappa shape index (κ1) is 15.5. The summed E-state index contributed by atoms with van der Waals surface area (Å²) in [4.78, 5) is 11.8. The number of nitrogens with one attached hydrogen (secondary N) is 1. The Morgan fingerprint density at radius 2 is 2.10 bits per heavy atom. The number of nitrogens with zero attached hydrogens (tertiary/aromatic N) is 3. The summed E-state index contributed by atoms with van der Waals surface area (Å²) in [7, 11) is 1.85. The number of nitrogens with two attached hydrogens (primary N) is 1. The smallest absolute Gasteiger partial charge is 0.230 e. The van der Waals surface area contributed by atoms with Gasteiger partial charge in [-0.15, -0.1) is 10.2 Å². The normalized spacial score (nSPS) is 10.6. The third kappa shape index (κ3) is 4.57. The molecule has 1 aromatic heterocycles. The lowest BCUT2D eigenvalue weighted by Gasteiger charge is -2.05. The number of carbonyl (C=O) groups excluding carboxylic acids is 1. The molecule has 0 bridgehead atoms. The number of rotatable bonds is 7. The van der Waals surface area contributed by atoms with Crippen molar-refractivity contribution in [1.29, 1.82) is 0 Å². The predicted octanol–water partition coefficient (Wildman–Crippen LogP) is 0.725. The van der Waals surface area contributed by atoms with E-state index in [1.165, 1.54) is 17.3 Å². The molecule has 1 aromatic carbocycles. The maximum Gasteiger partial charge on any atom is 0.230 e. The van der Waals surface area contributed by atoms with Crippen LogP contribution >= 0.6 is 11.8 Å². The summed E-state index contributed by atoms with van der Waals surface area (Å²) in [5, 5.41) is 11.6. The van der Waals surface area contributed by atoms with Gasteiger partial charge in [0.2, 0.25) is 5.91 Å². The maximum absolute atomic E-state index is 11.8. The first-order valence-electron chi connectivity index (χ1n) is 6.72. The van der Waals surface area contributed by atoms with Crippen molar-refractivity contribution in [3.05, 3.63) is 41.7 Å². The fourth-order valence-corrected chi connectivity index (χ4v) is 2.58. The molecule has 1 heterocycles. The van der Waals surface area contributed by atoms with E-state index in [9.17, 15) is 4.79 Å². The van der Waals surface area contributed by atoms with Crippen LogP contribution in [0.25, 0.3) is 0 Å². The topological polar surface area (TPSA) is 85.8 Å². The number of amides is 1. The number of carbonyl (C=O) groups is 1. The summed E-state index contributed by atoms with van der Waals surface area (Å²) in [6.07, 6.45) is 0.832. The molecule has 0 spiro atoms. The Bertz CT molecular complexity index is 584. The van der Waals surface area contributed by atoms with Crippen molar-refractivity contribution < 1.29 is 4.79 Å². The van der Waals surface area contributed by atoms with Gasteiger partial charge in [0.15, 0.2) is 5.16 Å². The monoisotopic (exact) mass is 305 g/mol. The van der Waals surface area contributed by atoms with Crippen LogP contribution in [0.15, 0.2) is 35.5 Å². The Balaban J connectivity index is 1.71. The molecule has 0 aliphatic heterocycles. The highest BCUT2D eigenvalue weighted by atomic mass is 32.2. The molecule has 0 aliphatic carbocycles. The minimum absolute atomic E-state index is 0.00627. The van der Waals surface area contributed by atoms with Gasteiger partial charge in [-0.25, -0.2) is 0 Å². The van der Waals surface area contributed by atoms with Gasteiger partial charge in [0, 0.05) is 13.6 Å². The highest BCUT2D eigenvalue weighted by molar-refractivity contribution is 7.99. The zero-order valence-electron chi connectivity index (χ0n) is 12.0. The van der Waals surface area contributed by atoms with Gasteiger partial charge < -0.3 is 15.6 Å². The molecule has 0 saturated heterocycles. The Labute approximate surface area is 128 Å². The molecule has 6 nitrogen and oxygen atoms in total. The number of hydrogen-bond donors (Lipinski definition) is 2. The largest absolute Gasteiger partial charge is 0.355 e. The van der Waals surface area contributed by atoms with Crippen LogP contribution in [-0.4, -0.2) is 33.0 Å². The molecule has 0 saturated carbocycles. The molecule has 1 amide bonds. The van der Waals surface area contributed by atoms with E-state index in [2.05, 4.69) is 27.6 Å². The summed E-state index contributed by atoms with van der Waals surface area (Å²) in [6.45, 7) is 0.976. The van der Waals surface area contributed by atoms with Crippen LogP contribution in [0.3, 0.4) is 0 Å².